The van der Waals surface area contributed by atoms with Crippen LogP contribution in [0.15, 0.2) is 42.5 Å². The maximum Gasteiger partial charge on any atom is 0.322 e. The Hall–Kier alpha value is -3.74. The number of aromatic amines is 1. The molecule has 0 unspecified atom stereocenters. The molecule has 0 atom stereocenters. The van der Waals surface area contributed by atoms with Crippen molar-refractivity contribution in [3.63, 3.8) is 0 Å². The number of H-pyrrole nitrogens is 1. The lowest BCUT2D eigenvalue weighted by Crippen LogP contribution is -2.38. The molecule has 0 saturated carbocycles. The Labute approximate surface area is 179 Å². The van der Waals surface area contributed by atoms with E-state index in [0.29, 0.717) is 18.7 Å². The van der Waals surface area contributed by atoms with E-state index in [1.54, 1.807) is 24.0 Å². The molecule has 6 nitrogen and oxygen atoms in total. The smallest absolute Gasteiger partial charge is 0.316 e. The fraction of sp³-hybridized carbons (Fsp3) is 0.208. The third kappa shape index (κ3) is 3.52. The van der Waals surface area contributed by atoms with Gasteiger partial charge in [-0.15, -0.1) is 0 Å². The zero-order valence-electron chi connectivity index (χ0n) is 17.6. The third-order valence-corrected chi connectivity index (χ3v) is 5.63. The average Bonchev–Trinajstić information content (AvgIpc) is 3.12. The molecule has 0 fully saturated rings. The Morgan fingerprint density at radius 3 is 2.58 bits per heavy atom. The molecule has 0 bridgehead atoms. The Kier molecular flexibility index (Phi) is 4.46. The van der Waals surface area contributed by atoms with Crippen molar-refractivity contribution in [3.8, 4) is 11.3 Å². The molecule has 4 aromatic rings. The second-order valence-electron chi connectivity index (χ2n) is 8.14. The average molecular weight is 415 g/mol. The van der Waals surface area contributed by atoms with Crippen LogP contribution in [0.25, 0.3) is 22.2 Å². The minimum absolute atomic E-state index is 0.172. The number of aromatic nitrogens is 3. The topological polar surface area (TPSA) is 73.9 Å². The van der Waals surface area contributed by atoms with Gasteiger partial charge in [-0.3, -0.25) is 10.1 Å². The zero-order valence-corrected chi connectivity index (χ0v) is 17.6. The monoisotopic (exact) mass is 415 g/mol. The van der Waals surface area contributed by atoms with Gasteiger partial charge in [-0.25, -0.2) is 9.18 Å². The molecule has 0 radical (unpaired) electrons. The highest BCUT2D eigenvalue weighted by atomic mass is 19.1. The minimum atomic E-state index is -0.242. The maximum absolute atomic E-state index is 13.6. The summed E-state index contributed by atoms with van der Waals surface area (Å²) in [6.07, 6.45) is 0. The molecule has 1 aliphatic rings. The van der Waals surface area contributed by atoms with Gasteiger partial charge >= 0.3 is 6.03 Å². The van der Waals surface area contributed by atoms with Crippen molar-refractivity contribution < 1.29 is 9.18 Å². The first-order chi connectivity index (χ1) is 14.9. The fourth-order valence-electron chi connectivity index (χ4n) is 4.17. The van der Waals surface area contributed by atoms with Crippen LogP contribution in [0.1, 0.15) is 28.1 Å². The van der Waals surface area contributed by atoms with Crippen molar-refractivity contribution in [3.05, 3.63) is 76.4 Å². The van der Waals surface area contributed by atoms with Gasteiger partial charge in [0.25, 0.3) is 0 Å². The highest BCUT2D eigenvalue weighted by Crippen LogP contribution is 2.34. The van der Waals surface area contributed by atoms with Crippen LogP contribution in [0.2, 0.25) is 0 Å². The lowest BCUT2D eigenvalue weighted by molar-refractivity contribution is 0.204. The van der Waals surface area contributed by atoms with Gasteiger partial charge in [0.2, 0.25) is 0 Å². The van der Waals surface area contributed by atoms with Gasteiger partial charge in [0.15, 0.2) is 0 Å². The molecular formula is C24H22FN5O. The van der Waals surface area contributed by atoms with E-state index in [1.165, 1.54) is 6.07 Å². The van der Waals surface area contributed by atoms with Gasteiger partial charge < -0.3 is 10.2 Å². The van der Waals surface area contributed by atoms with Crippen molar-refractivity contribution in [1.82, 2.24) is 20.1 Å². The molecule has 0 aliphatic carbocycles. The second-order valence-corrected chi connectivity index (χ2v) is 8.14. The molecule has 1 aliphatic heterocycles. The number of amides is 2. The summed E-state index contributed by atoms with van der Waals surface area (Å²) < 4.78 is 13.6. The Morgan fingerprint density at radius 2 is 1.84 bits per heavy atom. The number of rotatable bonds is 3. The Morgan fingerprint density at radius 1 is 1.06 bits per heavy atom. The SMILES string of the molecule is Cc1cc(-c2n[nH]c3cc4c(cc23)CN(Cc2ccc(F)c(C)c2)C(=O)N4)cc(C)n1. The van der Waals surface area contributed by atoms with Gasteiger partial charge in [0.05, 0.1) is 5.52 Å². The lowest BCUT2D eigenvalue weighted by Gasteiger charge is -2.29. The number of pyridine rings is 1. The highest BCUT2D eigenvalue weighted by Gasteiger charge is 2.24. The summed E-state index contributed by atoms with van der Waals surface area (Å²) in [6, 6.07) is 12.8. The van der Waals surface area contributed by atoms with Gasteiger partial charge in [-0.2, -0.15) is 5.10 Å². The number of nitrogens with zero attached hydrogens (tertiary/aromatic N) is 3. The molecule has 2 N–H and O–H groups in total. The van der Waals surface area contributed by atoms with E-state index in [2.05, 4.69) is 26.6 Å². The van der Waals surface area contributed by atoms with Crippen LogP contribution in [-0.4, -0.2) is 26.1 Å². The van der Waals surface area contributed by atoms with E-state index in [9.17, 15) is 9.18 Å². The van der Waals surface area contributed by atoms with Crippen LogP contribution in [0, 0.1) is 26.6 Å². The van der Waals surface area contributed by atoms with E-state index >= 15 is 0 Å². The number of hydrogen-bond donors (Lipinski definition) is 2. The summed E-state index contributed by atoms with van der Waals surface area (Å²) in [7, 11) is 0. The lowest BCUT2D eigenvalue weighted by atomic mass is 10.0. The number of carbonyl (C=O) groups is 1. The van der Waals surface area contributed by atoms with Crippen LogP contribution >= 0.6 is 0 Å². The summed E-state index contributed by atoms with van der Waals surface area (Å²) in [4.78, 5) is 18.8. The molecule has 7 heteroatoms. The van der Waals surface area contributed by atoms with E-state index in [1.807, 2.05) is 32.0 Å². The molecule has 2 amide bonds. The quantitative estimate of drug-likeness (QED) is 0.481. The standard InChI is InChI=1S/C24H22FN5O/c1-13-6-16(4-5-20(13)25)11-30-12-18-9-19-22(10-21(18)27-24(30)31)28-29-23(19)17-7-14(2)26-15(3)8-17/h4-10H,11-12H2,1-3H3,(H,27,31)(H,28,29). The number of fused-ring (bicyclic) bond motifs is 2. The summed E-state index contributed by atoms with van der Waals surface area (Å²) in [6.45, 7) is 6.54. The number of aryl methyl sites for hydroxylation is 3. The highest BCUT2D eigenvalue weighted by molar-refractivity contribution is 6.00. The van der Waals surface area contributed by atoms with Crippen molar-refractivity contribution in [1.29, 1.82) is 0 Å². The summed E-state index contributed by atoms with van der Waals surface area (Å²) in [5, 5.41) is 11.6. The molecule has 5 rings (SSSR count). The molecule has 31 heavy (non-hydrogen) atoms. The normalized spacial score (nSPS) is 13.4. The molecule has 2 aromatic heterocycles. The zero-order chi connectivity index (χ0) is 21.7. The summed E-state index contributed by atoms with van der Waals surface area (Å²) >= 11 is 0. The van der Waals surface area contributed by atoms with Gasteiger partial charge in [0.1, 0.15) is 11.5 Å². The first-order valence-corrected chi connectivity index (χ1v) is 10.1. The molecule has 2 aromatic carbocycles. The van der Waals surface area contributed by atoms with Crippen LogP contribution in [0.5, 0.6) is 0 Å². The van der Waals surface area contributed by atoms with E-state index in [-0.39, 0.29) is 11.8 Å². The predicted octanol–water partition coefficient (Wildman–Crippen LogP) is 5.24. The van der Waals surface area contributed by atoms with E-state index < -0.39 is 0 Å². The number of benzene rings is 2. The van der Waals surface area contributed by atoms with Gasteiger partial charge in [-0.1, -0.05) is 12.1 Å². The Balaban J connectivity index is 1.50. The van der Waals surface area contributed by atoms with Gasteiger partial charge in [-0.05, 0) is 67.8 Å². The minimum Gasteiger partial charge on any atom is -0.316 e. The maximum atomic E-state index is 13.6. The summed E-state index contributed by atoms with van der Waals surface area (Å²) in [5.74, 6) is -0.242. The number of halogens is 1. The molecule has 3 heterocycles. The number of carbonyl (C=O) groups excluding carboxylic acids is 1. The molecule has 0 saturated heterocycles. The second kappa shape index (κ2) is 7.19. The third-order valence-electron chi connectivity index (χ3n) is 5.63. The Bertz CT molecular complexity index is 1320. The van der Waals surface area contributed by atoms with Crippen LogP contribution in [-0.2, 0) is 13.1 Å². The fourth-order valence-corrected chi connectivity index (χ4v) is 4.17. The van der Waals surface area contributed by atoms with Crippen LogP contribution in [0.4, 0.5) is 14.9 Å². The molecule has 156 valence electrons. The molecular weight excluding hydrogens is 393 g/mol. The number of hydrogen-bond acceptors (Lipinski definition) is 3. The molecule has 0 spiro atoms. The van der Waals surface area contributed by atoms with Crippen molar-refractivity contribution >= 4 is 22.6 Å². The van der Waals surface area contributed by atoms with Crippen LogP contribution in [0.3, 0.4) is 0 Å². The van der Waals surface area contributed by atoms with Crippen molar-refractivity contribution in [2.45, 2.75) is 33.9 Å². The van der Waals surface area contributed by atoms with E-state index in [0.717, 1.165) is 50.4 Å². The summed E-state index contributed by atoms with van der Waals surface area (Å²) in [5.41, 5.74) is 7.88. The van der Waals surface area contributed by atoms with Gasteiger partial charge in [0, 0.05) is 41.1 Å². The predicted molar refractivity (Wildman–Crippen MR) is 118 cm³/mol. The van der Waals surface area contributed by atoms with Crippen molar-refractivity contribution in [2.75, 3.05) is 5.32 Å². The first kappa shape index (κ1) is 19.2. The van der Waals surface area contributed by atoms with Crippen molar-refractivity contribution in [2.24, 2.45) is 0 Å². The largest absolute Gasteiger partial charge is 0.322 e. The number of anilines is 1. The number of nitrogens with one attached hydrogen (secondary N) is 2. The van der Waals surface area contributed by atoms with Crippen LogP contribution < -0.4 is 5.32 Å². The first-order valence-electron chi connectivity index (χ1n) is 10.1. The number of urea groups is 1. The van der Waals surface area contributed by atoms with E-state index in [4.69, 9.17) is 0 Å².